The fraction of sp³-hybridized carbons (Fsp3) is 0.562. The Morgan fingerprint density at radius 3 is 2.95 bits per heavy atom. The monoisotopic (exact) mass is 260 g/mol. The summed E-state index contributed by atoms with van der Waals surface area (Å²) in [5.41, 5.74) is 4.09. The van der Waals surface area contributed by atoms with Gasteiger partial charge in [-0.05, 0) is 44.7 Å². The molecule has 1 amide bonds. The van der Waals surface area contributed by atoms with Crippen LogP contribution in [0.2, 0.25) is 0 Å². The highest BCUT2D eigenvalue weighted by Crippen LogP contribution is 2.32. The van der Waals surface area contributed by atoms with E-state index in [4.69, 9.17) is 0 Å². The Bertz CT molecular complexity index is 470. The van der Waals surface area contributed by atoms with Crippen molar-refractivity contribution in [2.75, 3.05) is 13.6 Å². The second kappa shape index (κ2) is 5.74. The van der Waals surface area contributed by atoms with Gasteiger partial charge in [0.25, 0.3) is 0 Å². The van der Waals surface area contributed by atoms with Crippen molar-refractivity contribution in [3.63, 3.8) is 0 Å². The van der Waals surface area contributed by atoms with Crippen molar-refractivity contribution in [3.8, 4) is 0 Å². The van der Waals surface area contributed by atoms with E-state index in [0.717, 1.165) is 19.4 Å². The third-order valence-corrected chi connectivity index (χ3v) is 4.05. The first-order valence-electron chi connectivity index (χ1n) is 7.13. The molecule has 2 rings (SSSR count). The fourth-order valence-corrected chi connectivity index (χ4v) is 2.75. The van der Waals surface area contributed by atoms with E-state index in [2.05, 4.69) is 30.4 Å². The summed E-state index contributed by atoms with van der Waals surface area (Å²) in [7, 11) is 1.85. The molecular weight excluding hydrogens is 236 g/mol. The van der Waals surface area contributed by atoms with Crippen molar-refractivity contribution in [1.82, 2.24) is 10.2 Å². The van der Waals surface area contributed by atoms with Gasteiger partial charge in [0.05, 0.1) is 6.04 Å². The van der Waals surface area contributed by atoms with Gasteiger partial charge in [-0.2, -0.15) is 0 Å². The number of aryl methyl sites for hydroxylation is 2. The van der Waals surface area contributed by atoms with Crippen LogP contribution in [0, 0.1) is 6.92 Å². The lowest BCUT2D eigenvalue weighted by molar-refractivity contribution is -0.131. The number of carbonyl (C=O) groups is 1. The molecule has 0 saturated carbocycles. The van der Waals surface area contributed by atoms with Gasteiger partial charge in [0.2, 0.25) is 5.91 Å². The quantitative estimate of drug-likeness (QED) is 0.902. The summed E-state index contributed by atoms with van der Waals surface area (Å²) >= 11 is 0. The molecule has 2 unspecified atom stereocenters. The Morgan fingerprint density at radius 2 is 2.26 bits per heavy atom. The van der Waals surface area contributed by atoms with Crippen molar-refractivity contribution in [3.05, 3.63) is 34.9 Å². The average molecular weight is 260 g/mol. The van der Waals surface area contributed by atoms with Crippen molar-refractivity contribution < 1.29 is 4.79 Å². The van der Waals surface area contributed by atoms with Gasteiger partial charge in [0.15, 0.2) is 0 Å². The molecule has 1 aromatic carbocycles. The SMILES string of the molecule is CCN(C)C(=O)C(C)NC1CCc2ccc(C)cc21. The molecule has 0 fully saturated rings. The van der Waals surface area contributed by atoms with Crippen LogP contribution in [0.1, 0.15) is 43.0 Å². The van der Waals surface area contributed by atoms with Crippen LogP contribution in [0.3, 0.4) is 0 Å². The van der Waals surface area contributed by atoms with Crippen molar-refractivity contribution in [2.45, 2.75) is 45.7 Å². The lowest BCUT2D eigenvalue weighted by Crippen LogP contribution is -2.44. The van der Waals surface area contributed by atoms with Crippen molar-refractivity contribution in [1.29, 1.82) is 0 Å². The zero-order valence-corrected chi connectivity index (χ0v) is 12.4. The molecule has 1 aromatic rings. The summed E-state index contributed by atoms with van der Waals surface area (Å²) in [5.74, 6) is 0.170. The van der Waals surface area contributed by atoms with E-state index in [1.165, 1.54) is 16.7 Å². The second-order valence-electron chi connectivity index (χ2n) is 5.53. The molecule has 1 aliphatic carbocycles. The second-order valence-corrected chi connectivity index (χ2v) is 5.53. The van der Waals surface area contributed by atoms with E-state index in [1.54, 1.807) is 4.90 Å². The standard InChI is InChI=1S/C16H24N2O/c1-5-18(4)16(19)12(3)17-15-9-8-13-7-6-11(2)10-14(13)15/h6-7,10,12,15,17H,5,8-9H2,1-4H3. The minimum absolute atomic E-state index is 0.124. The Kier molecular flexibility index (Phi) is 4.25. The van der Waals surface area contributed by atoms with Gasteiger partial charge in [-0.1, -0.05) is 23.8 Å². The summed E-state index contributed by atoms with van der Waals surface area (Å²) in [6.45, 7) is 6.83. The van der Waals surface area contributed by atoms with E-state index >= 15 is 0 Å². The molecule has 0 radical (unpaired) electrons. The van der Waals surface area contributed by atoms with Crippen LogP contribution in [0.4, 0.5) is 0 Å². The molecule has 0 spiro atoms. The third-order valence-electron chi connectivity index (χ3n) is 4.05. The van der Waals surface area contributed by atoms with Gasteiger partial charge in [0, 0.05) is 19.6 Å². The minimum Gasteiger partial charge on any atom is -0.345 e. The molecular formula is C16H24N2O. The number of hydrogen-bond donors (Lipinski definition) is 1. The molecule has 1 aliphatic rings. The average Bonchev–Trinajstić information content (AvgIpc) is 2.79. The molecule has 0 saturated heterocycles. The number of benzene rings is 1. The third kappa shape index (κ3) is 2.98. The number of amides is 1. The summed E-state index contributed by atoms with van der Waals surface area (Å²) in [6.07, 6.45) is 2.20. The van der Waals surface area contributed by atoms with Crippen LogP contribution in [0.25, 0.3) is 0 Å². The van der Waals surface area contributed by atoms with Gasteiger partial charge in [-0.15, -0.1) is 0 Å². The van der Waals surface area contributed by atoms with Crippen molar-refractivity contribution in [2.24, 2.45) is 0 Å². The maximum atomic E-state index is 12.1. The van der Waals surface area contributed by atoms with E-state index in [-0.39, 0.29) is 11.9 Å². The normalized spacial score (nSPS) is 19.1. The molecule has 0 heterocycles. The smallest absolute Gasteiger partial charge is 0.239 e. The first-order valence-corrected chi connectivity index (χ1v) is 7.13. The molecule has 0 bridgehead atoms. The topological polar surface area (TPSA) is 32.3 Å². The maximum absolute atomic E-state index is 12.1. The molecule has 3 nitrogen and oxygen atoms in total. The zero-order chi connectivity index (χ0) is 14.0. The Hall–Kier alpha value is -1.35. The lowest BCUT2D eigenvalue weighted by Gasteiger charge is -2.24. The zero-order valence-electron chi connectivity index (χ0n) is 12.4. The first-order chi connectivity index (χ1) is 9.02. The number of nitrogens with zero attached hydrogens (tertiary/aromatic N) is 1. The molecule has 104 valence electrons. The number of rotatable bonds is 4. The van der Waals surface area contributed by atoms with Gasteiger partial charge in [0.1, 0.15) is 0 Å². The minimum atomic E-state index is -0.124. The fourth-order valence-electron chi connectivity index (χ4n) is 2.75. The summed E-state index contributed by atoms with van der Waals surface area (Å²) < 4.78 is 0. The Morgan fingerprint density at radius 1 is 1.53 bits per heavy atom. The summed E-state index contributed by atoms with van der Waals surface area (Å²) in [5, 5.41) is 3.49. The van der Waals surface area contributed by atoms with Crippen LogP contribution in [-0.2, 0) is 11.2 Å². The maximum Gasteiger partial charge on any atom is 0.239 e. The van der Waals surface area contributed by atoms with E-state index in [1.807, 2.05) is 20.9 Å². The molecule has 0 aliphatic heterocycles. The van der Waals surface area contributed by atoms with E-state index < -0.39 is 0 Å². The van der Waals surface area contributed by atoms with Gasteiger partial charge in [-0.3, -0.25) is 10.1 Å². The number of nitrogens with one attached hydrogen (secondary N) is 1. The Balaban J connectivity index is 2.06. The summed E-state index contributed by atoms with van der Waals surface area (Å²) in [4.78, 5) is 13.9. The largest absolute Gasteiger partial charge is 0.345 e. The molecule has 2 atom stereocenters. The highest BCUT2D eigenvalue weighted by Gasteiger charge is 2.26. The first kappa shape index (κ1) is 14.1. The number of likely N-dealkylation sites (N-methyl/N-ethyl adjacent to an activating group) is 1. The number of hydrogen-bond acceptors (Lipinski definition) is 2. The van der Waals surface area contributed by atoms with Gasteiger partial charge >= 0.3 is 0 Å². The number of fused-ring (bicyclic) bond motifs is 1. The van der Waals surface area contributed by atoms with Crippen LogP contribution >= 0.6 is 0 Å². The van der Waals surface area contributed by atoms with Crippen LogP contribution in [-0.4, -0.2) is 30.4 Å². The van der Waals surface area contributed by atoms with Crippen LogP contribution < -0.4 is 5.32 Å². The Labute approximate surface area is 116 Å². The number of carbonyl (C=O) groups excluding carboxylic acids is 1. The van der Waals surface area contributed by atoms with Crippen LogP contribution in [0.5, 0.6) is 0 Å². The van der Waals surface area contributed by atoms with Gasteiger partial charge < -0.3 is 4.90 Å². The highest BCUT2D eigenvalue weighted by molar-refractivity contribution is 5.81. The lowest BCUT2D eigenvalue weighted by atomic mass is 10.0. The van der Waals surface area contributed by atoms with E-state index in [9.17, 15) is 4.79 Å². The van der Waals surface area contributed by atoms with E-state index in [0.29, 0.717) is 6.04 Å². The molecule has 0 aromatic heterocycles. The summed E-state index contributed by atoms with van der Waals surface area (Å²) in [6, 6.07) is 6.83. The predicted octanol–water partition coefficient (Wildman–Crippen LogP) is 2.44. The highest BCUT2D eigenvalue weighted by atomic mass is 16.2. The molecule has 3 heteroatoms. The predicted molar refractivity (Wildman–Crippen MR) is 78.1 cm³/mol. The van der Waals surface area contributed by atoms with Crippen molar-refractivity contribution >= 4 is 5.91 Å². The molecule has 19 heavy (non-hydrogen) atoms. The van der Waals surface area contributed by atoms with Crippen LogP contribution in [0.15, 0.2) is 18.2 Å². The molecule has 1 N–H and O–H groups in total. The van der Waals surface area contributed by atoms with Gasteiger partial charge in [-0.25, -0.2) is 0 Å².